The molecule has 3 rings (SSSR count). The molecule has 1 aliphatic rings. The summed E-state index contributed by atoms with van der Waals surface area (Å²) >= 11 is 0. The Bertz CT molecular complexity index is 1240. The third kappa shape index (κ3) is 29.7. The molecule has 2 amide bonds. The summed E-state index contributed by atoms with van der Waals surface area (Å²) in [5.74, 6) is 2.16. The molecular formula is C41H69N3O5S. The first-order valence-corrected chi connectivity index (χ1v) is 20.3. The third-order valence-corrected chi connectivity index (χ3v) is 9.40. The molecule has 0 unspecified atom stereocenters. The largest absolute Gasteiger partial charge is 0.391 e. The minimum Gasteiger partial charge on any atom is -0.391 e. The van der Waals surface area contributed by atoms with Crippen LogP contribution in [0.5, 0.6) is 0 Å². The van der Waals surface area contributed by atoms with Gasteiger partial charge in [0.05, 0.1) is 17.6 Å². The van der Waals surface area contributed by atoms with Gasteiger partial charge in [-0.2, -0.15) is 0 Å². The van der Waals surface area contributed by atoms with Crippen LogP contribution in [0.2, 0.25) is 0 Å². The van der Waals surface area contributed by atoms with E-state index in [0.29, 0.717) is 12.3 Å². The van der Waals surface area contributed by atoms with Crippen molar-refractivity contribution in [3.63, 3.8) is 0 Å². The van der Waals surface area contributed by atoms with Crippen LogP contribution < -0.4 is 16.4 Å². The standard InChI is InChI=1S/C17H31N3O5S.C8H10.C7H14.C7H8.C2H6/c1-4-5-15(17(23)19-12-14(21)7-6-13(2)3)20-16(22)8-10-26(24,25)11-9-18;1-2-8-6-4-3-5-7-8;2*1-7-5-3-2-4-6-7;1-2/h1,13-15,21H,5-12,18H2,2-3H3,(H,19,23)(H,20,22);3-7H,2H2,1H3;7H,2-6H2,1H3;2-6H,1H3;1-2H3/t14-,15-;;;;/m0..../s1. The van der Waals surface area contributed by atoms with Gasteiger partial charge in [-0.15, -0.1) is 12.3 Å². The van der Waals surface area contributed by atoms with Crippen LogP contribution in [0.1, 0.15) is 110 Å². The highest BCUT2D eigenvalue weighted by Crippen LogP contribution is 2.22. The van der Waals surface area contributed by atoms with Crippen LogP contribution >= 0.6 is 0 Å². The number of hydrogen-bond acceptors (Lipinski definition) is 6. The third-order valence-electron chi connectivity index (χ3n) is 7.72. The van der Waals surface area contributed by atoms with E-state index in [9.17, 15) is 23.1 Å². The predicted molar refractivity (Wildman–Crippen MR) is 211 cm³/mol. The van der Waals surface area contributed by atoms with Crippen molar-refractivity contribution in [1.29, 1.82) is 0 Å². The fourth-order valence-electron chi connectivity index (χ4n) is 4.65. The van der Waals surface area contributed by atoms with E-state index in [1.807, 2.05) is 52.0 Å². The molecule has 0 aliphatic heterocycles. The lowest BCUT2D eigenvalue weighted by atomic mass is 9.91. The molecule has 2 atom stereocenters. The number of carbonyl (C=O) groups is 2. The van der Waals surface area contributed by atoms with Crippen molar-refractivity contribution in [2.75, 3.05) is 24.6 Å². The van der Waals surface area contributed by atoms with Gasteiger partial charge >= 0.3 is 0 Å². The second kappa shape index (κ2) is 31.8. The molecule has 50 heavy (non-hydrogen) atoms. The van der Waals surface area contributed by atoms with E-state index in [1.165, 1.54) is 43.2 Å². The highest BCUT2D eigenvalue weighted by atomic mass is 32.2. The number of aliphatic hydroxyl groups is 1. The number of amides is 2. The van der Waals surface area contributed by atoms with Crippen LogP contribution in [0, 0.1) is 31.1 Å². The van der Waals surface area contributed by atoms with Gasteiger partial charge in [0.1, 0.15) is 6.04 Å². The van der Waals surface area contributed by atoms with E-state index in [2.05, 4.69) is 73.7 Å². The molecule has 2 aromatic rings. The van der Waals surface area contributed by atoms with Crippen molar-refractivity contribution < 1.29 is 23.1 Å². The number of benzene rings is 2. The molecule has 0 saturated heterocycles. The van der Waals surface area contributed by atoms with Crippen molar-refractivity contribution in [3.05, 3.63) is 71.8 Å². The molecule has 8 nitrogen and oxygen atoms in total. The molecule has 284 valence electrons. The van der Waals surface area contributed by atoms with E-state index in [0.717, 1.165) is 18.8 Å². The quantitative estimate of drug-likeness (QED) is 0.155. The molecule has 0 heterocycles. The summed E-state index contributed by atoms with van der Waals surface area (Å²) in [6, 6.07) is 19.7. The highest BCUT2D eigenvalue weighted by Gasteiger charge is 2.21. The average Bonchev–Trinajstić information content (AvgIpc) is 3.11. The summed E-state index contributed by atoms with van der Waals surface area (Å²) in [6.45, 7) is 14.7. The zero-order chi connectivity index (χ0) is 38.2. The maximum Gasteiger partial charge on any atom is 0.243 e. The zero-order valence-electron chi connectivity index (χ0n) is 32.1. The SMILES string of the molecule is C#CC[C@H](NC(=O)CCS(=O)(=O)CCN)C(=O)NC[C@@H](O)CCC(C)C.CC.CC1CCCCC1.CCc1ccccc1.Cc1ccccc1. The molecule has 5 N–H and O–H groups in total. The fraction of sp³-hybridized carbons (Fsp3) is 0.610. The highest BCUT2D eigenvalue weighted by molar-refractivity contribution is 7.91. The Balaban J connectivity index is 0. The average molecular weight is 716 g/mol. The number of rotatable bonds is 14. The van der Waals surface area contributed by atoms with Gasteiger partial charge in [0.2, 0.25) is 11.8 Å². The molecule has 0 spiro atoms. The van der Waals surface area contributed by atoms with Gasteiger partial charge in [0.25, 0.3) is 0 Å². The van der Waals surface area contributed by atoms with E-state index in [1.54, 1.807) is 0 Å². The van der Waals surface area contributed by atoms with E-state index < -0.39 is 33.8 Å². The molecule has 9 heteroatoms. The number of carbonyl (C=O) groups excluding carboxylic acids is 2. The summed E-state index contributed by atoms with van der Waals surface area (Å²) in [5.41, 5.74) is 7.93. The Morgan fingerprint density at radius 3 is 1.92 bits per heavy atom. The number of terminal acetylenes is 1. The lowest BCUT2D eigenvalue weighted by molar-refractivity contribution is -0.129. The molecule has 2 aromatic carbocycles. The van der Waals surface area contributed by atoms with E-state index >= 15 is 0 Å². The normalized spacial score (nSPS) is 13.5. The molecule has 1 fully saturated rings. The summed E-state index contributed by atoms with van der Waals surface area (Å²) in [6.07, 6.45) is 14.2. The monoisotopic (exact) mass is 715 g/mol. The van der Waals surface area contributed by atoms with Gasteiger partial charge in [0, 0.05) is 25.9 Å². The van der Waals surface area contributed by atoms with Gasteiger partial charge in [-0.05, 0) is 43.6 Å². The molecule has 1 aliphatic carbocycles. The first-order valence-electron chi connectivity index (χ1n) is 18.5. The molecular weight excluding hydrogens is 647 g/mol. The summed E-state index contributed by atoms with van der Waals surface area (Å²) in [7, 11) is -3.39. The van der Waals surface area contributed by atoms with Crippen LogP contribution in [-0.4, -0.2) is 62.1 Å². The van der Waals surface area contributed by atoms with Crippen molar-refractivity contribution in [1.82, 2.24) is 10.6 Å². The first kappa shape index (κ1) is 48.9. The Hall–Kier alpha value is -3.19. The van der Waals surface area contributed by atoms with Gasteiger partial charge in [-0.1, -0.05) is 140 Å². The lowest BCUT2D eigenvalue weighted by Crippen LogP contribution is -2.48. The number of nitrogens with one attached hydrogen (secondary N) is 2. The maximum absolute atomic E-state index is 12.1. The Kier molecular flexibility index (Phi) is 31.1. The van der Waals surface area contributed by atoms with Crippen molar-refractivity contribution in [2.45, 2.75) is 125 Å². The van der Waals surface area contributed by atoms with E-state index in [4.69, 9.17) is 12.2 Å². The number of nitrogens with two attached hydrogens (primary N) is 1. The second-order valence-corrected chi connectivity index (χ2v) is 15.1. The summed E-state index contributed by atoms with van der Waals surface area (Å²) < 4.78 is 23.1. The Morgan fingerprint density at radius 2 is 1.52 bits per heavy atom. The second-order valence-electron chi connectivity index (χ2n) is 12.8. The number of sulfone groups is 1. The van der Waals surface area contributed by atoms with Crippen LogP contribution in [0.25, 0.3) is 0 Å². The number of aryl methyl sites for hydroxylation is 2. The zero-order valence-corrected chi connectivity index (χ0v) is 32.9. The van der Waals surface area contributed by atoms with E-state index in [-0.39, 0.29) is 37.4 Å². The van der Waals surface area contributed by atoms with Gasteiger partial charge < -0.3 is 21.5 Å². The molecule has 0 aromatic heterocycles. The smallest absolute Gasteiger partial charge is 0.243 e. The fourth-order valence-corrected chi connectivity index (χ4v) is 5.71. The van der Waals surface area contributed by atoms with Gasteiger partial charge in [0.15, 0.2) is 9.84 Å². The van der Waals surface area contributed by atoms with Gasteiger partial charge in [-0.3, -0.25) is 9.59 Å². The Morgan fingerprint density at radius 1 is 0.960 bits per heavy atom. The van der Waals surface area contributed by atoms with Gasteiger partial charge in [-0.25, -0.2) is 8.42 Å². The lowest BCUT2D eigenvalue weighted by Gasteiger charge is -2.18. The first-order chi connectivity index (χ1) is 23.8. The van der Waals surface area contributed by atoms with Crippen molar-refractivity contribution in [2.24, 2.45) is 17.6 Å². The van der Waals surface area contributed by atoms with Crippen molar-refractivity contribution in [3.8, 4) is 12.3 Å². The molecule has 0 radical (unpaired) electrons. The minimum absolute atomic E-state index is 0.00872. The predicted octanol–water partition coefficient (Wildman–Crippen LogP) is 7.03. The molecule has 0 bridgehead atoms. The van der Waals surface area contributed by atoms with Crippen LogP contribution in [0.3, 0.4) is 0 Å². The summed E-state index contributed by atoms with van der Waals surface area (Å²) in [4.78, 5) is 24.0. The van der Waals surface area contributed by atoms with Crippen LogP contribution in [0.15, 0.2) is 60.7 Å². The Labute approximate surface area is 305 Å². The minimum atomic E-state index is -3.39. The topological polar surface area (TPSA) is 139 Å². The molecule has 1 saturated carbocycles. The maximum atomic E-state index is 12.1. The van der Waals surface area contributed by atoms with Crippen LogP contribution in [0.4, 0.5) is 0 Å². The summed E-state index contributed by atoms with van der Waals surface area (Å²) in [5, 5.41) is 14.8. The van der Waals surface area contributed by atoms with Crippen LogP contribution in [-0.2, 0) is 25.8 Å². The van der Waals surface area contributed by atoms with Crippen molar-refractivity contribution >= 4 is 21.7 Å². The number of hydrogen-bond donors (Lipinski definition) is 4. The number of aliphatic hydroxyl groups excluding tert-OH is 1.